The molecule has 0 aliphatic heterocycles. The maximum Gasteiger partial charge on any atom is 0.235 e. The largest absolute Gasteiger partial charge is 0.497 e. The van der Waals surface area contributed by atoms with Gasteiger partial charge >= 0.3 is 0 Å². The number of hydrogen-bond donors (Lipinski definition) is 1. The molecule has 0 saturated heterocycles. The summed E-state index contributed by atoms with van der Waals surface area (Å²) in [5.74, 6) is 2.21. The second-order valence-electron chi connectivity index (χ2n) is 7.41. The number of fused-ring (bicyclic) bond motifs is 2. The van der Waals surface area contributed by atoms with E-state index < -0.39 is 0 Å². The highest BCUT2D eigenvalue weighted by Gasteiger charge is 2.16. The number of aromatic nitrogens is 6. The van der Waals surface area contributed by atoms with Crippen molar-refractivity contribution in [2.24, 2.45) is 0 Å². The van der Waals surface area contributed by atoms with Gasteiger partial charge in [-0.25, -0.2) is 0 Å². The monoisotopic (exact) mass is 454 g/mol. The van der Waals surface area contributed by atoms with E-state index in [1.807, 2.05) is 54.6 Å². The molecular formula is C24H18N6O2S. The smallest absolute Gasteiger partial charge is 0.235 e. The number of hydrogen-bond acceptors (Lipinski definition) is 7. The van der Waals surface area contributed by atoms with E-state index in [1.165, 1.54) is 16.7 Å². The minimum Gasteiger partial charge on any atom is -0.497 e. The Kier molecular flexibility index (Phi) is 4.73. The van der Waals surface area contributed by atoms with Crippen LogP contribution in [0, 0.1) is 0 Å². The lowest BCUT2D eigenvalue weighted by Gasteiger charge is -2.05. The first-order valence-corrected chi connectivity index (χ1v) is 11.1. The van der Waals surface area contributed by atoms with Crippen LogP contribution in [0.3, 0.4) is 0 Å². The van der Waals surface area contributed by atoms with E-state index in [0.29, 0.717) is 17.4 Å². The summed E-state index contributed by atoms with van der Waals surface area (Å²) in [4.78, 5) is 0.697. The second kappa shape index (κ2) is 8.03. The number of H-pyrrole nitrogens is 1. The first kappa shape index (κ1) is 19.4. The van der Waals surface area contributed by atoms with Crippen LogP contribution in [0.2, 0.25) is 0 Å². The molecule has 3 aromatic heterocycles. The van der Waals surface area contributed by atoms with Crippen LogP contribution >= 0.6 is 11.3 Å². The minimum absolute atomic E-state index is 0.353. The summed E-state index contributed by atoms with van der Waals surface area (Å²) in [6.45, 7) is 0.353. The molecule has 0 radical (unpaired) electrons. The normalized spacial score (nSPS) is 11.3. The van der Waals surface area contributed by atoms with Gasteiger partial charge in [0.25, 0.3) is 0 Å². The number of aromatic amines is 1. The van der Waals surface area contributed by atoms with E-state index >= 15 is 0 Å². The third-order valence-electron chi connectivity index (χ3n) is 5.32. The van der Waals surface area contributed by atoms with Gasteiger partial charge in [0.05, 0.1) is 12.8 Å². The van der Waals surface area contributed by atoms with Crippen LogP contribution in [0.5, 0.6) is 11.5 Å². The van der Waals surface area contributed by atoms with Gasteiger partial charge in [0.1, 0.15) is 23.8 Å². The second-order valence-corrected chi connectivity index (χ2v) is 8.45. The molecular weight excluding hydrogens is 436 g/mol. The molecule has 0 saturated carbocycles. The van der Waals surface area contributed by atoms with Gasteiger partial charge < -0.3 is 9.47 Å². The van der Waals surface area contributed by atoms with Crippen LogP contribution in [-0.4, -0.2) is 37.1 Å². The van der Waals surface area contributed by atoms with Gasteiger partial charge in [-0.15, -0.1) is 10.2 Å². The average Bonchev–Trinajstić information content (AvgIpc) is 3.59. The SMILES string of the molecule is COc1ccc(-c2cc(-c3nnc4sc(COc5ccc6ccccc6c5)nn34)[nH]n2)cc1. The Labute approximate surface area is 192 Å². The van der Waals surface area contributed by atoms with Crippen LogP contribution in [0.4, 0.5) is 0 Å². The van der Waals surface area contributed by atoms with E-state index in [0.717, 1.165) is 38.8 Å². The first-order valence-electron chi connectivity index (χ1n) is 10.3. The predicted octanol–water partition coefficient (Wildman–Crippen LogP) is 4.98. The van der Waals surface area contributed by atoms with E-state index in [2.05, 4.69) is 43.7 Å². The van der Waals surface area contributed by atoms with Crippen LogP contribution in [-0.2, 0) is 6.61 Å². The molecule has 0 bridgehead atoms. The van der Waals surface area contributed by atoms with Crippen molar-refractivity contribution >= 4 is 27.1 Å². The summed E-state index contributed by atoms with van der Waals surface area (Å²) in [5.41, 5.74) is 2.52. The topological polar surface area (TPSA) is 90.2 Å². The Hall–Kier alpha value is -4.24. The fourth-order valence-electron chi connectivity index (χ4n) is 3.63. The molecule has 162 valence electrons. The first-order chi connectivity index (χ1) is 16.3. The lowest BCUT2D eigenvalue weighted by Crippen LogP contribution is -1.97. The summed E-state index contributed by atoms with van der Waals surface area (Å²) in [7, 11) is 1.65. The standard InChI is InChI=1S/C24H18N6O2S/c1-31-18-9-7-16(8-10-18)20-13-21(26-25-20)23-27-28-24-30(23)29-22(33-24)14-32-19-11-6-15-4-2-3-5-17(15)12-19/h2-13H,14H2,1H3,(H,25,26). The maximum absolute atomic E-state index is 5.98. The summed E-state index contributed by atoms with van der Waals surface area (Å²) in [5, 5.41) is 23.8. The summed E-state index contributed by atoms with van der Waals surface area (Å²) < 4.78 is 12.9. The number of nitrogens with one attached hydrogen (secondary N) is 1. The fourth-order valence-corrected chi connectivity index (χ4v) is 4.38. The lowest BCUT2D eigenvalue weighted by atomic mass is 10.1. The highest BCUT2D eigenvalue weighted by Crippen LogP contribution is 2.27. The van der Waals surface area contributed by atoms with Crippen molar-refractivity contribution in [2.75, 3.05) is 7.11 Å². The zero-order chi connectivity index (χ0) is 22.2. The van der Waals surface area contributed by atoms with Gasteiger partial charge in [0.2, 0.25) is 10.8 Å². The highest BCUT2D eigenvalue weighted by molar-refractivity contribution is 7.16. The Morgan fingerprint density at radius 3 is 2.58 bits per heavy atom. The summed E-state index contributed by atoms with van der Waals surface area (Å²) in [6.07, 6.45) is 0. The third-order valence-corrected chi connectivity index (χ3v) is 6.19. The molecule has 0 atom stereocenters. The van der Waals surface area contributed by atoms with Gasteiger partial charge in [0.15, 0.2) is 5.01 Å². The number of benzene rings is 3. The minimum atomic E-state index is 0.353. The van der Waals surface area contributed by atoms with Crippen molar-refractivity contribution in [3.63, 3.8) is 0 Å². The zero-order valence-electron chi connectivity index (χ0n) is 17.6. The molecule has 6 rings (SSSR count). The number of methoxy groups -OCH3 is 1. The van der Waals surface area contributed by atoms with Crippen LogP contribution in [0.15, 0.2) is 72.8 Å². The molecule has 0 fully saturated rings. The Morgan fingerprint density at radius 2 is 1.73 bits per heavy atom. The fraction of sp³-hybridized carbons (Fsp3) is 0.0833. The average molecular weight is 455 g/mol. The van der Waals surface area contributed by atoms with Crippen molar-refractivity contribution in [2.45, 2.75) is 6.61 Å². The number of nitrogens with zero attached hydrogens (tertiary/aromatic N) is 5. The molecule has 0 aliphatic rings. The Balaban J connectivity index is 1.23. The molecule has 0 amide bonds. The van der Waals surface area contributed by atoms with Crippen molar-refractivity contribution in [3.8, 4) is 34.3 Å². The Morgan fingerprint density at radius 1 is 0.909 bits per heavy atom. The molecule has 33 heavy (non-hydrogen) atoms. The highest BCUT2D eigenvalue weighted by atomic mass is 32.1. The molecule has 3 aromatic carbocycles. The van der Waals surface area contributed by atoms with Crippen molar-refractivity contribution in [3.05, 3.63) is 77.8 Å². The van der Waals surface area contributed by atoms with Crippen molar-refractivity contribution in [1.29, 1.82) is 0 Å². The third kappa shape index (κ3) is 3.68. The van der Waals surface area contributed by atoms with Gasteiger partial charge in [-0.2, -0.15) is 14.7 Å². The molecule has 6 aromatic rings. The summed E-state index contributed by atoms with van der Waals surface area (Å²) >= 11 is 1.45. The van der Waals surface area contributed by atoms with E-state index in [-0.39, 0.29) is 0 Å². The number of rotatable bonds is 6. The molecule has 8 nitrogen and oxygen atoms in total. The zero-order valence-corrected chi connectivity index (χ0v) is 18.4. The molecule has 9 heteroatoms. The lowest BCUT2D eigenvalue weighted by molar-refractivity contribution is 0.304. The van der Waals surface area contributed by atoms with Gasteiger partial charge in [-0.1, -0.05) is 41.7 Å². The van der Waals surface area contributed by atoms with Crippen molar-refractivity contribution < 1.29 is 9.47 Å². The van der Waals surface area contributed by atoms with Gasteiger partial charge in [-0.3, -0.25) is 5.10 Å². The van der Waals surface area contributed by atoms with Gasteiger partial charge in [0, 0.05) is 5.56 Å². The van der Waals surface area contributed by atoms with Crippen LogP contribution in [0.1, 0.15) is 5.01 Å². The van der Waals surface area contributed by atoms with Crippen LogP contribution < -0.4 is 9.47 Å². The quantitative estimate of drug-likeness (QED) is 0.382. The summed E-state index contributed by atoms with van der Waals surface area (Å²) in [6, 6.07) is 23.9. The van der Waals surface area contributed by atoms with E-state index in [4.69, 9.17) is 9.47 Å². The predicted molar refractivity (Wildman–Crippen MR) is 127 cm³/mol. The van der Waals surface area contributed by atoms with E-state index in [9.17, 15) is 0 Å². The van der Waals surface area contributed by atoms with E-state index in [1.54, 1.807) is 11.6 Å². The molecule has 1 N–H and O–H groups in total. The van der Waals surface area contributed by atoms with Crippen molar-refractivity contribution in [1.82, 2.24) is 30.0 Å². The maximum atomic E-state index is 5.98. The molecule has 0 aliphatic carbocycles. The molecule has 0 unspecified atom stereocenters. The molecule has 0 spiro atoms. The molecule has 3 heterocycles. The number of ether oxygens (including phenoxy) is 2. The van der Waals surface area contributed by atoms with Gasteiger partial charge in [-0.05, 0) is 53.2 Å². The Bertz CT molecular complexity index is 1570. The van der Waals surface area contributed by atoms with Crippen LogP contribution in [0.25, 0.3) is 38.5 Å².